The Morgan fingerprint density at radius 1 is 1.09 bits per heavy atom. The highest BCUT2D eigenvalue weighted by atomic mass is 16.3. The van der Waals surface area contributed by atoms with E-state index < -0.39 is 5.60 Å². The maximum Gasteiger partial charge on any atom is 0.0704 e. The van der Waals surface area contributed by atoms with E-state index in [4.69, 9.17) is 0 Å². The number of aliphatic hydroxyl groups is 1. The third-order valence-electron chi connectivity index (χ3n) is 8.68. The van der Waals surface area contributed by atoms with E-state index in [0.29, 0.717) is 0 Å². The van der Waals surface area contributed by atoms with Crippen molar-refractivity contribution >= 4 is 0 Å². The van der Waals surface area contributed by atoms with Crippen LogP contribution in [-0.2, 0) is 0 Å². The molecule has 1 N–H and O–H groups in total. The van der Waals surface area contributed by atoms with Crippen LogP contribution in [0, 0.1) is 35.0 Å². The standard InChI is InChI=1S/C21H34O/c1-4-21(22)12-11-18-17-10-9-15-7-5-6-8-16(15)19(17)14(2)13-20(18,21)3/h15-19,22H,2,4-13H2,1,3H3/t15?,16-,17+,18+,19-,20+,21-/m1/s1. The molecule has 4 aliphatic rings. The van der Waals surface area contributed by atoms with Crippen LogP contribution in [0.15, 0.2) is 12.2 Å². The van der Waals surface area contributed by atoms with Crippen LogP contribution in [0.1, 0.15) is 78.1 Å². The highest BCUT2D eigenvalue weighted by molar-refractivity contribution is 5.23. The molecule has 1 heteroatoms. The minimum atomic E-state index is -0.436. The zero-order valence-corrected chi connectivity index (χ0v) is 14.6. The Labute approximate surface area is 136 Å². The van der Waals surface area contributed by atoms with Crippen LogP contribution in [0.5, 0.6) is 0 Å². The summed E-state index contributed by atoms with van der Waals surface area (Å²) in [5.74, 6) is 4.28. The van der Waals surface area contributed by atoms with Gasteiger partial charge in [0, 0.05) is 5.41 Å². The van der Waals surface area contributed by atoms with Gasteiger partial charge >= 0.3 is 0 Å². The van der Waals surface area contributed by atoms with E-state index in [2.05, 4.69) is 20.4 Å². The fraction of sp³-hybridized carbons (Fsp3) is 0.905. The highest BCUT2D eigenvalue weighted by Gasteiger charge is 2.62. The molecule has 4 aliphatic carbocycles. The summed E-state index contributed by atoms with van der Waals surface area (Å²) in [5.41, 5.74) is 1.17. The number of rotatable bonds is 1. The van der Waals surface area contributed by atoms with Gasteiger partial charge in [-0.1, -0.05) is 45.3 Å². The second kappa shape index (κ2) is 5.10. The molecule has 1 unspecified atom stereocenters. The summed E-state index contributed by atoms with van der Waals surface area (Å²) in [4.78, 5) is 0. The van der Waals surface area contributed by atoms with Gasteiger partial charge in [0.25, 0.3) is 0 Å². The van der Waals surface area contributed by atoms with E-state index in [-0.39, 0.29) is 5.41 Å². The Kier molecular flexibility index (Phi) is 3.53. The van der Waals surface area contributed by atoms with Crippen molar-refractivity contribution in [3.05, 3.63) is 12.2 Å². The van der Waals surface area contributed by atoms with Gasteiger partial charge in [-0.25, -0.2) is 0 Å². The molecule has 0 aliphatic heterocycles. The maximum absolute atomic E-state index is 11.3. The lowest BCUT2D eigenvalue weighted by atomic mass is 9.48. The van der Waals surface area contributed by atoms with Gasteiger partial charge in [0.1, 0.15) is 0 Å². The Bertz CT molecular complexity index is 469. The molecule has 4 saturated carbocycles. The molecule has 0 heterocycles. The Morgan fingerprint density at radius 3 is 2.64 bits per heavy atom. The van der Waals surface area contributed by atoms with E-state index >= 15 is 0 Å². The van der Waals surface area contributed by atoms with E-state index in [1.54, 1.807) is 0 Å². The molecule has 7 atom stereocenters. The van der Waals surface area contributed by atoms with Crippen LogP contribution in [0.25, 0.3) is 0 Å². The lowest BCUT2D eigenvalue weighted by Crippen LogP contribution is -2.53. The molecule has 0 aromatic heterocycles. The van der Waals surface area contributed by atoms with Crippen LogP contribution >= 0.6 is 0 Å². The van der Waals surface area contributed by atoms with Gasteiger partial charge in [0.15, 0.2) is 0 Å². The first-order valence-electron chi connectivity index (χ1n) is 9.90. The zero-order valence-electron chi connectivity index (χ0n) is 14.6. The Hall–Kier alpha value is -0.300. The molecular weight excluding hydrogens is 268 g/mol. The van der Waals surface area contributed by atoms with E-state index in [0.717, 1.165) is 48.9 Å². The summed E-state index contributed by atoms with van der Waals surface area (Å²) in [5, 5.41) is 11.3. The largest absolute Gasteiger partial charge is 0.389 e. The first kappa shape index (κ1) is 15.2. The van der Waals surface area contributed by atoms with Crippen molar-refractivity contribution in [3.8, 4) is 0 Å². The first-order valence-corrected chi connectivity index (χ1v) is 9.90. The van der Waals surface area contributed by atoms with Crippen molar-refractivity contribution in [2.45, 2.75) is 83.7 Å². The van der Waals surface area contributed by atoms with Gasteiger partial charge in [-0.15, -0.1) is 0 Å². The van der Waals surface area contributed by atoms with Gasteiger partial charge < -0.3 is 5.11 Å². The quantitative estimate of drug-likeness (QED) is 0.648. The molecule has 0 amide bonds. The van der Waals surface area contributed by atoms with Crippen molar-refractivity contribution < 1.29 is 5.11 Å². The highest BCUT2D eigenvalue weighted by Crippen LogP contribution is 2.66. The van der Waals surface area contributed by atoms with Gasteiger partial charge in [0.2, 0.25) is 0 Å². The topological polar surface area (TPSA) is 20.2 Å². The molecule has 0 bridgehead atoms. The minimum absolute atomic E-state index is 0.0987. The van der Waals surface area contributed by atoms with Crippen molar-refractivity contribution in [2.24, 2.45) is 35.0 Å². The average molecular weight is 303 g/mol. The van der Waals surface area contributed by atoms with Crippen molar-refractivity contribution in [1.29, 1.82) is 0 Å². The second-order valence-electron chi connectivity index (χ2n) is 9.26. The maximum atomic E-state index is 11.3. The number of hydrogen-bond acceptors (Lipinski definition) is 1. The van der Waals surface area contributed by atoms with E-state index in [1.807, 2.05) is 0 Å². The van der Waals surface area contributed by atoms with Crippen molar-refractivity contribution in [1.82, 2.24) is 0 Å². The number of hydrogen-bond donors (Lipinski definition) is 1. The summed E-state index contributed by atoms with van der Waals surface area (Å²) in [7, 11) is 0. The molecule has 4 fully saturated rings. The molecule has 1 nitrogen and oxygen atoms in total. The predicted molar refractivity (Wildman–Crippen MR) is 91.5 cm³/mol. The van der Waals surface area contributed by atoms with Crippen molar-refractivity contribution in [3.63, 3.8) is 0 Å². The zero-order chi connectivity index (χ0) is 15.5. The summed E-state index contributed by atoms with van der Waals surface area (Å²) in [6.45, 7) is 9.16. The first-order chi connectivity index (χ1) is 10.5. The molecule has 22 heavy (non-hydrogen) atoms. The van der Waals surface area contributed by atoms with E-state index in [9.17, 15) is 5.11 Å². The molecule has 0 aromatic rings. The fourth-order valence-corrected chi connectivity index (χ4v) is 7.52. The molecule has 0 spiro atoms. The van der Waals surface area contributed by atoms with E-state index in [1.165, 1.54) is 50.5 Å². The number of fused-ring (bicyclic) bond motifs is 5. The second-order valence-corrected chi connectivity index (χ2v) is 9.26. The molecule has 0 aromatic carbocycles. The summed E-state index contributed by atoms with van der Waals surface area (Å²) < 4.78 is 0. The van der Waals surface area contributed by atoms with Gasteiger partial charge in [-0.3, -0.25) is 0 Å². The molecule has 4 rings (SSSR count). The smallest absolute Gasteiger partial charge is 0.0704 e. The Balaban J connectivity index is 1.67. The lowest BCUT2D eigenvalue weighted by molar-refractivity contribution is -0.112. The third-order valence-corrected chi connectivity index (χ3v) is 8.68. The van der Waals surface area contributed by atoms with Gasteiger partial charge in [-0.2, -0.15) is 0 Å². The Morgan fingerprint density at radius 2 is 1.86 bits per heavy atom. The lowest BCUT2D eigenvalue weighted by Gasteiger charge is -2.58. The van der Waals surface area contributed by atoms with Crippen molar-refractivity contribution in [2.75, 3.05) is 0 Å². The van der Waals surface area contributed by atoms with Crippen LogP contribution in [0.3, 0.4) is 0 Å². The fourth-order valence-electron chi connectivity index (χ4n) is 7.52. The molecule has 0 radical (unpaired) electrons. The van der Waals surface area contributed by atoms with Gasteiger partial charge in [0.05, 0.1) is 5.60 Å². The van der Waals surface area contributed by atoms with Crippen LogP contribution in [-0.4, -0.2) is 10.7 Å². The predicted octanol–water partition coefficient (Wildman–Crippen LogP) is 5.34. The van der Waals surface area contributed by atoms with Crippen LogP contribution < -0.4 is 0 Å². The normalized spacial score (nSPS) is 54.5. The van der Waals surface area contributed by atoms with Crippen LogP contribution in [0.4, 0.5) is 0 Å². The monoisotopic (exact) mass is 302 g/mol. The van der Waals surface area contributed by atoms with Gasteiger partial charge in [-0.05, 0) is 74.5 Å². The molecule has 124 valence electrons. The minimum Gasteiger partial charge on any atom is -0.389 e. The third kappa shape index (κ3) is 1.87. The number of allylic oxidation sites excluding steroid dienone is 1. The summed E-state index contributed by atoms with van der Waals surface area (Å²) in [6, 6.07) is 0. The van der Waals surface area contributed by atoms with Crippen LogP contribution in [0.2, 0.25) is 0 Å². The molecular formula is C21H34O. The summed E-state index contributed by atoms with van der Waals surface area (Å²) >= 11 is 0. The SMILES string of the molecule is C=C1C[C@@]2(C)[C@@H](CC[C@]2(O)CC)[C@@H]2CCC3CCCC[C@H]3[C@@H]12. The molecule has 0 saturated heterocycles. The summed E-state index contributed by atoms with van der Waals surface area (Å²) in [6.07, 6.45) is 13.0. The average Bonchev–Trinajstić information content (AvgIpc) is 2.79.